The predicted molar refractivity (Wildman–Crippen MR) is 67.4 cm³/mol. The van der Waals surface area contributed by atoms with Crippen molar-refractivity contribution in [2.75, 3.05) is 19.7 Å². The molecule has 6 heteroatoms. The number of aliphatic hydroxyl groups excluding tert-OH is 1. The van der Waals surface area contributed by atoms with E-state index in [9.17, 15) is 14.7 Å². The second kappa shape index (κ2) is 5.88. The van der Waals surface area contributed by atoms with Crippen LogP contribution in [0.4, 0.5) is 0 Å². The van der Waals surface area contributed by atoms with Crippen molar-refractivity contribution in [2.45, 2.75) is 19.4 Å². The molecule has 19 heavy (non-hydrogen) atoms. The Balaban J connectivity index is 1.86. The van der Waals surface area contributed by atoms with Crippen molar-refractivity contribution in [1.82, 2.24) is 10.2 Å². The molecule has 0 spiro atoms. The van der Waals surface area contributed by atoms with Crippen LogP contribution < -0.4 is 5.32 Å². The van der Waals surface area contributed by atoms with Crippen LogP contribution in [0.1, 0.15) is 23.9 Å². The van der Waals surface area contributed by atoms with Gasteiger partial charge in [0.2, 0.25) is 5.91 Å². The highest BCUT2D eigenvalue weighted by molar-refractivity contribution is 5.94. The molecule has 0 aromatic carbocycles. The van der Waals surface area contributed by atoms with E-state index in [0.29, 0.717) is 6.54 Å². The number of rotatable bonds is 4. The number of carbonyl (C=O) groups excluding carboxylic acids is 2. The summed E-state index contributed by atoms with van der Waals surface area (Å²) in [6.45, 7) is 2.51. The minimum absolute atomic E-state index is 0.0426. The second-order valence-electron chi connectivity index (χ2n) is 4.76. The van der Waals surface area contributed by atoms with Crippen LogP contribution in [0.3, 0.4) is 0 Å². The first-order chi connectivity index (χ1) is 9.13. The summed E-state index contributed by atoms with van der Waals surface area (Å²) in [5.74, 6) is -0.120. The molecule has 2 N–H and O–H groups in total. The van der Waals surface area contributed by atoms with E-state index < -0.39 is 5.91 Å². The Morgan fingerprint density at radius 3 is 3.00 bits per heavy atom. The van der Waals surface area contributed by atoms with E-state index in [4.69, 9.17) is 4.42 Å². The topological polar surface area (TPSA) is 82.8 Å². The highest BCUT2D eigenvalue weighted by atomic mass is 16.3. The number of likely N-dealkylation sites (tertiary alicyclic amines) is 1. The quantitative estimate of drug-likeness (QED) is 0.817. The smallest absolute Gasteiger partial charge is 0.287 e. The van der Waals surface area contributed by atoms with Crippen molar-refractivity contribution in [3.8, 4) is 0 Å². The molecule has 1 aliphatic rings. The summed E-state index contributed by atoms with van der Waals surface area (Å²) in [5.41, 5.74) is 0. The third-order valence-electron chi connectivity index (χ3n) is 3.54. The monoisotopic (exact) mass is 266 g/mol. The molecule has 1 fully saturated rings. The minimum atomic E-state index is -0.411. The fourth-order valence-corrected chi connectivity index (χ4v) is 2.35. The lowest BCUT2D eigenvalue weighted by Gasteiger charge is -2.25. The third kappa shape index (κ3) is 2.96. The van der Waals surface area contributed by atoms with Crippen molar-refractivity contribution < 1.29 is 19.1 Å². The van der Waals surface area contributed by atoms with E-state index in [1.807, 2.05) is 6.92 Å². The van der Waals surface area contributed by atoms with Gasteiger partial charge in [0.15, 0.2) is 5.76 Å². The Hall–Kier alpha value is -1.82. The number of furan rings is 1. The molecular formula is C13H18N2O4. The van der Waals surface area contributed by atoms with Crippen LogP contribution in [0.2, 0.25) is 0 Å². The summed E-state index contributed by atoms with van der Waals surface area (Å²) >= 11 is 0. The van der Waals surface area contributed by atoms with Gasteiger partial charge in [0.25, 0.3) is 5.91 Å². The Morgan fingerprint density at radius 1 is 1.58 bits per heavy atom. The molecule has 2 unspecified atom stereocenters. The first-order valence-corrected chi connectivity index (χ1v) is 6.35. The lowest BCUT2D eigenvalue weighted by molar-refractivity contribution is -0.132. The Bertz CT molecular complexity index is 444. The molecule has 1 aliphatic heterocycles. The fraction of sp³-hybridized carbons (Fsp3) is 0.538. The van der Waals surface area contributed by atoms with Gasteiger partial charge < -0.3 is 19.7 Å². The molecule has 0 saturated carbocycles. The Kier molecular flexibility index (Phi) is 4.21. The van der Waals surface area contributed by atoms with E-state index in [1.54, 1.807) is 11.0 Å². The first kappa shape index (κ1) is 13.6. The van der Waals surface area contributed by atoms with Crippen LogP contribution in [-0.4, -0.2) is 47.6 Å². The molecular weight excluding hydrogens is 248 g/mol. The van der Waals surface area contributed by atoms with Gasteiger partial charge in [0, 0.05) is 6.54 Å². The zero-order valence-electron chi connectivity index (χ0n) is 10.8. The Labute approximate surface area is 111 Å². The van der Waals surface area contributed by atoms with E-state index in [0.717, 1.165) is 6.42 Å². The summed E-state index contributed by atoms with van der Waals surface area (Å²) in [6.07, 6.45) is 2.28. The van der Waals surface area contributed by atoms with Crippen molar-refractivity contribution in [2.24, 2.45) is 5.92 Å². The Morgan fingerprint density at radius 2 is 2.37 bits per heavy atom. The number of nitrogens with one attached hydrogen (secondary N) is 1. The highest BCUT2D eigenvalue weighted by Gasteiger charge is 2.33. The van der Waals surface area contributed by atoms with Gasteiger partial charge in [0.1, 0.15) is 0 Å². The number of amides is 2. The maximum absolute atomic E-state index is 12.0. The van der Waals surface area contributed by atoms with Crippen LogP contribution >= 0.6 is 0 Å². The minimum Gasteiger partial charge on any atom is -0.459 e. The lowest BCUT2D eigenvalue weighted by atomic mass is 10.0. The number of hydrogen-bond acceptors (Lipinski definition) is 4. The molecule has 2 atom stereocenters. The fourth-order valence-electron chi connectivity index (χ4n) is 2.35. The summed E-state index contributed by atoms with van der Waals surface area (Å²) in [7, 11) is 0. The zero-order chi connectivity index (χ0) is 13.8. The second-order valence-corrected chi connectivity index (χ2v) is 4.76. The first-order valence-electron chi connectivity index (χ1n) is 6.35. The van der Waals surface area contributed by atoms with Gasteiger partial charge in [-0.25, -0.2) is 0 Å². The number of hydrogen-bond donors (Lipinski definition) is 2. The summed E-state index contributed by atoms with van der Waals surface area (Å²) in [4.78, 5) is 25.3. The van der Waals surface area contributed by atoms with E-state index >= 15 is 0 Å². The summed E-state index contributed by atoms with van der Waals surface area (Å²) in [5, 5.41) is 11.8. The van der Waals surface area contributed by atoms with Gasteiger partial charge in [-0.1, -0.05) is 6.92 Å². The van der Waals surface area contributed by atoms with Gasteiger partial charge in [-0.15, -0.1) is 0 Å². The molecule has 0 bridgehead atoms. The predicted octanol–water partition coefficient (Wildman–Crippen LogP) is 0.239. The van der Waals surface area contributed by atoms with Crippen LogP contribution in [0.5, 0.6) is 0 Å². The van der Waals surface area contributed by atoms with Crippen LogP contribution in [0, 0.1) is 5.92 Å². The average Bonchev–Trinajstić information content (AvgIpc) is 3.04. The molecule has 0 radical (unpaired) electrons. The van der Waals surface area contributed by atoms with E-state index in [2.05, 4.69) is 5.32 Å². The van der Waals surface area contributed by atoms with Crippen molar-refractivity contribution >= 4 is 11.8 Å². The molecule has 2 heterocycles. The molecule has 104 valence electrons. The van der Waals surface area contributed by atoms with Crippen molar-refractivity contribution in [3.63, 3.8) is 0 Å². The SMILES string of the molecule is CC1CCN(C(=O)CNC(=O)c2ccco2)C1CO. The standard InChI is InChI=1S/C13H18N2O4/c1-9-4-5-15(10(9)8-16)12(17)7-14-13(18)11-3-2-6-19-11/h2-3,6,9-10,16H,4-5,7-8H2,1H3,(H,14,18). The lowest BCUT2D eigenvalue weighted by Crippen LogP contribution is -2.45. The number of nitrogens with zero attached hydrogens (tertiary/aromatic N) is 1. The van der Waals surface area contributed by atoms with Crippen molar-refractivity contribution in [1.29, 1.82) is 0 Å². The number of aliphatic hydroxyl groups is 1. The molecule has 0 aliphatic carbocycles. The summed E-state index contributed by atoms with van der Waals surface area (Å²) < 4.78 is 4.94. The maximum atomic E-state index is 12.0. The molecule has 1 aromatic rings. The van der Waals surface area contributed by atoms with Gasteiger partial charge in [0.05, 0.1) is 25.5 Å². The van der Waals surface area contributed by atoms with Gasteiger partial charge in [-0.3, -0.25) is 9.59 Å². The molecule has 1 saturated heterocycles. The average molecular weight is 266 g/mol. The molecule has 2 rings (SSSR count). The van der Waals surface area contributed by atoms with Crippen LogP contribution in [0.15, 0.2) is 22.8 Å². The van der Waals surface area contributed by atoms with Crippen molar-refractivity contribution in [3.05, 3.63) is 24.2 Å². The molecule has 1 aromatic heterocycles. The van der Waals surface area contributed by atoms with Crippen LogP contribution in [0.25, 0.3) is 0 Å². The van der Waals surface area contributed by atoms with Gasteiger partial charge in [-0.2, -0.15) is 0 Å². The van der Waals surface area contributed by atoms with Crippen LogP contribution in [-0.2, 0) is 4.79 Å². The van der Waals surface area contributed by atoms with Gasteiger partial charge >= 0.3 is 0 Å². The number of carbonyl (C=O) groups is 2. The van der Waals surface area contributed by atoms with Gasteiger partial charge in [-0.05, 0) is 24.5 Å². The highest BCUT2D eigenvalue weighted by Crippen LogP contribution is 2.23. The maximum Gasteiger partial charge on any atom is 0.287 e. The zero-order valence-corrected chi connectivity index (χ0v) is 10.8. The molecule has 6 nitrogen and oxygen atoms in total. The largest absolute Gasteiger partial charge is 0.459 e. The third-order valence-corrected chi connectivity index (χ3v) is 3.54. The van der Waals surface area contributed by atoms with E-state index in [1.165, 1.54) is 12.3 Å². The molecule has 2 amide bonds. The normalized spacial score (nSPS) is 22.5. The van der Waals surface area contributed by atoms with E-state index in [-0.39, 0.29) is 36.8 Å². The summed E-state index contributed by atoms with van der Waals surface area (Å²) in [6, 6.07) is 3.00.